The molecule has 0 aromatic carbocycles. The third-order valence-electron chi connectivity index (χ3n) is 1.76. The summed E-state index contributed by atoms with van der Waals surface area (Å²) in [4.78, 5) is 13.4. The van der Waals surface area contributed by atoms with Gasteiger partial charge in [0.2, 0.25) is 0 Å². The van der Waals surface area contributed by atoms with E-state index in [0.717, 1.165) is 17.0 Å². The van der Waals surface area contributed by atoms with E-state index >= 15 is 0 Å². The van der Waals surface area contributed by atoms with Gasteiger partial charge in [-0.3, -0.25) is 4.98 Å². The minimum Gasteiger partial charge on any atom is -0.252 e. The highest BCUT2D eigenvalue weighted by molar-refractivity contribution is 7.13. The summed E-state index contributed by atoms with van der Waals surface area (Å²) in [6.45, 7) is 2.04. The van der Waals surface area contributed by atoms with E-state index in [1.54, 1.807) is 17.8 Å². The minimum absolute atomic E-state index is 0.486. The van der Waals surface area contributed by atoms with E-state index in [1.165, 1.54) is 11.3 Å². The van der Waals surface area contributed by atoms with Crippen molar-refractivity contribution < 1.29 is 0 Å². The first-order chi connectivity index (χ1) is 6.79. The average molecular weight is 226 g/mol. The number of aryl methyl sites for hydroxylation is 1. The van der Waals surface area contributed by atoms with Crippen LogP contribution in [0.4, 0.5) is 0 Å². The van der Waals surface area contributed by atoms with Crippen LogP contribution in [0.25, 0.3) is 10.7 Å². The van der Waals surface area contributed by atoms with Gasteiger partial charge in [0.15, 0.2) is 5.82 Å². The summed E-state index contributed by atoms with van der Waals surface area (Å²) in [5.74, 6) is 0.664. The third kappa shape index (κ3) is 1.91. The molecule has 0 atom stereocenters. The smallest absolute Gasteiger partial charge is 0.172 e. The van der Waals surface area contributed by atoms with Gasteiger partial charge in [0.25, 0.3) is 0 Å². The summed E-state index contributed by atoms with van der Waals surface area (Å²) in [5, 5.41) is 0.486. The van der Waals surface area contributed by atoms with Crippen LogP contribution in [0.15, 0.2) is 17.8 Å². The summed E-state index contributed by atoms with van der Waals surface area (Å²) < 4.78 is 0. The van der Waals surface area contributed by atoms with Gasteiger partial charge in [-0.25, -0.2) is 9.97 Å². The Morgan fingerprint density at radius 1 is 1.43 bits per heavy atom. The van der Waals surface area contributed by atoms with Gasteiger partial charge in [0.1, 0.15) is 5.15 Å². The maximum atomic E-state index is 5.88. The molecule has 0 unspecified atom stereocenters. The number of nitrogens with zero attached hydrogens (tertiary/aromatic N) is 3. The number of aromatic nitrogens is 3. The van der Waals surface area contributed by atoms with Crippen LogP contribution in [0.1, 0.15) is 12.6 Å². The molecule has 2 heterocycles. The van der Waals surface area contributed by atoms with E-state index in [4.69, 9.17) is 11.6 Å². The Bertz CT molecular complexity index is 428. The lowest BCUT2D eigenvalue weighted by molar-refractivity contribution is 1.01. The SMILES string of the molecule is CCc1cc(Cl)nc(-c2cncs2)n1. The summed E-state index contributed by atoms with van der Waals surface area (Å²) in [6, 6.07) is 1.78. The Morgan fingerprint density at radius 3 is 2.93 bits per heavy atom. The molecule has 72 valence electrons. The van der Waals surface area contributed by atoms with Crippen LogP contribution in [0.3, 0.4) is 0 Å². The molecule has 0 amide bonds. The van der Waals surface area contributed by atoms with Crippen molar-refractivity contribution in [2.45, 2.75) is 13.3 Å². The van der Waals surface area contributed by atoms with Gasteiger partial charge < -0.3 is 0 Å². The maximum Gasteiger partial charge on any atom is 0.172 e. The van der Waals surface area contributed by atoms with Crippen LogP contribution in [-0.4, -0.2) is 15.0 Å². The van der Waals surface area contributed by atoms with Crippen molar-refractivity contribution in [3.63, 3.8) is 0 Å². The fraction of sp³-hybridized carbons (Fsp3) is 0.222. The number of thiazole rings is 1. The zero-order valence-electron chi connectivity index (χ0n) is 7.57. The Morgan fingerprint density at radius 2 is 2.29 bits per heavy atom. The van der Waals surface area contributed by atoms with Crippen molar-refractivity contribution in [3.05, 3.63) is 28.6 Å². The Hall–Kier alpha value is -1.00. The molecule has 0 radical (unpaired) electrons. The van der Waals surface area contributed by atoms with Crippen molar-refractivity contribution in [2.75, 3.05) is 0 Å². The normalized spacial score (nSPS) is 10.4. The Kier molecular flexibility index (Phi) is 2.74. The average Bonchev–Trinajstić information content (AvgIpc) is 2.69. The lowest BCUT2D eigenvalue weighted by atomic mass is 10.3. The van der Waals surface area contributed by atoms with E-state index in [-0.39, 0.29) is 0 Å². The lowest BCUT2D eigenvalue weighted by Gasteiger charge is -2.00. The minimum atomic E-state index is 0.486. The highest BCUT2D eigenvalue weighted by atomic mass is 35.5. The molecule has 0 aliphatic heterocycles. The molecule has 2 rings (SSSR count). The Balaban J connectivity index is 2.48. The molecular weight excluding hydrogens is 218 g/mol. The molecule has 0 fully saturated rings. The monoisotopic (exact) mass is 225 g/mol. The van der Waals surface area contributed by atoms with E-state index in [0.29, 0.717) is 11.0 Å². The van der Waals surface area contributed by atoms with Crippen molar-refractivity contribution in [1.82, 2.24) is 15.0 Å². The molecule has 0 N–H and O–H groups in total. The maximum absolute atomic E-state index is 5.88. The first kappa shape index (κ1) is 9.55. The topological polar surface area (TPSA) is 38.7 Å². The quantitative estimate of drug-likeness (QED) is 0.738. The van der Waals surface area contributed by atoms with Crippen LogP contribution >= 0.6 is 22.9 Å². The molecule has 0 saturated carbocycles. The molecule has 0 spiro atoms. The molecule has 14 heavy (non-hydrogen) atoms. The van der Waals surface area contributed by atoms with Crippen molar-refractivity contribution in [2.24, 2.45) is 0 Å². The first-order valence-corrected chi connectivity index (χ1v) is 5.47. The largest absolute Gasteiger partial charge is 0.252 e. The molecule has 0 aliphatic rings. The second kappa shape index (κ2) is 4.02. The van der Waals surface area contributed by atoms with Gasteiger partial charge in [-0.15, -0.1) is 11.3 Å². The molecule has 0 bridgehead atoms. The summed E-state index contributed by atoms with van der Waals surface area (Å²) in [7, 11) is 0. The number of rotatable bonds is 2. The highest BCUT2D eigenvalue weighted by Gasteiger charge is 2.05. The molecule has 0 saturated heterocycles. The van der Waals surface area contributed by atoms with Crippen LogP contribution < -0.4 is 0 Å². The van der Waals surface area contributed by atoms with Crippen LogP contribution in [-0.2, 0) is 6.42 Å². The summed E-state index contributed by atoms with van der Waals surface area (Å²) >= 11 is 7.39. The van der Waals surface area contributed by atoms with Crippen LogP contribution in [0.5, 0.6) is 0 Å². The van der Waals surface area contributed by atoms with E-state index in [9.17, 15) is 0 Å². The highest BCUT2D eigenvalue weighted by Crippen LogP contribution is 2.21. The Labute approximate surface area is 90.8 Å². The van der Waals surface area contributed by atoms with Gasteiger partial charge in [-0.05, 0) is 12.5 Å². The van der Waals surface area contributed by atoms with Gasteiger partial charge >= 0.3 is 0 Å². The van der Waals surface area contributed by atoms with Gasteiger partial charge in [-0.1, -0.05) is 18.5 Å². The predicted molar refractivity (Wildman–Crippen MR) is 57.5 cm³/mol. The molecule has 0 aliphatic carbocycles. The summed E-state index contributed by atoms with van der Waals surface area (Å²) in [6.07, 6.45) is 2.60. The second-order valence-electron chi connectivity index (χ2n) is 2.72. The van der Waals surface area contributed by atoms with Crippen molar-refractivity contribution in [3.8, 4) is 10.7 Å². The van der Waals surface area contributed by atoms with E-state index in [2.05, 4.69) is 15.0 Å². The molecule has 2 aromatic rings. The number of halogens is 1. The number of hydrogen-bond acceptors (Lipinski definition) is 4. The zero-order valence-corrected chi connectivity index (χ0v) is 9.14. The van der Waals surface area contributed by atoms with Crippen LogP contribution in [0.2, 0.25) is 5.15 Å². The fourth-order valence-corrected chi connectivity index (χ4v) is 1.84. The summed E-state index contributed by atoms with van der Waals surface area (Å²) in [5.41, 5.74) is 2.71. The zero-order chi connectivity index (χ0) is 9.97. The number of hydrogen-bond donors (Lipinski definition) is 0. The molecular formula is C9H8ClN3S. The second-order valence-corrected chi connectivity index (χ2v) is 4.00. The first-order valence-electron chi connectivity index (χ1n) is 4.22. The van der Waals surface area contributed by atoms with Crippen molar-refractivity contribution in [1.29, 1.82) is 0 Å². The predicted octanol–water partition coefficient (Wildman–Crippen LogP) is 2.82. The van der Waals surface area contributed by atoms with Crippen molar-refractivity contribution >= 4 is 22.9 Å². The molecule has 3 nitrogen and oxygen atoms in total. The lowest BCUT2D eigenvalue weighted by Crippen LogP contribution is -1.93. The molecule has 5 heteroatoms. The fourth-order valence-electron chi connectivity index (χ4n) is 1.08. The van der Waals surface area contributed by atoms with E-state index < -0.39 is 0 Å². The standard InChI is InChI=1S/C9H8ClN3S/c1-2-6-3-8(10)13-9(12-6)7-4-11-5-14-7/h3-5H,2H2,1H3. The third-order valence-corrected chi connectivity index (χ3v) is 2.73. The van der Waals surface area contributed by atoms with Gasteiger partial charge in [0, 0.05) is 11.9 Å². The van der Waals surface area contributed by atoms with Gasteiger partial charge in [0.05, 0.1) is 10.4 Å². The van der Waals surface area contributed by atoms with Crippen LogP contribution in [0, 0.1) is 0 Å². The van der Waals surface area contributed by atoms with Gasteiger partial charge in [-0.2, -0.15) is 0 Å². The molecule has 2 aromatic heterocycles. The van der Waals surface area contributed by atoms with E-state index in [1.807, 2.05) is 6.92 Å².